The van der Waals surface area contributed by atoms with Gasteiger partial charge >= 0.3 is 5.97 Å². The first-order valence-corrected chi connectivity index (χ1v) is 8.34. The minimum Gasteiger partial charge on any atom is -0.493 e. The topological polar surface area (TPSA) is 90.9 Å². The Kier molecular flexibility index (Phi) is 6.93. The summed E-state index contributed by atoms with van der Waals surface area (Å²) >= 11 is 0. The van der Waals surface area contributed by atoms with E-state index >= 15 is 0 Å². The Balaban J connectivity index is 2.00. The van der Waals surface area contributed by atoms with E-state index in [1.165, 1.54) is 26.2 Å². The van der Waals surface area contributed by atoms with Crippen LogP contribution in [-0.4, -0.2) is 38.0 Å². The zero-order valence-corrected chi connectivity index (χ0v) is 15.4. The first-order valence-electron chi connectivity index (χ1n) is 8.34. The lowest BCUT2D eigenvalue weighted by Crippen LogP contribution is -2.22. The summed E-state index contributed by atoms with van der Waals surface area (Å²) in [6.45, 7) is 3.15. The van der Waals surface area contributed by atoms with Crippen LogP contribution in [-0.2, 0) is 9.53 Å². The van der Waals surface area contributed by atoms with Crippen LogP contribution in [0.1, 0.15) is 34.6 Å². The molecule has 1 amide bonds. The third-order valence-corrected chi connectivity index (χ3v) is 3.61. The van der Waals surface area contributed by atoms with Crippen molar-refractivity contribution < 1.29 is 28.6 Å². The van der Waals surface area contributed by atoms with E-state index in [1.807, 2.05) is 6.92 Å². The predicted octanol–water partition coefficient (Wildman–Crippen LogP) is 3.09. The van der Waals surface area contributed by atoms with Crippen molar-refractivity contribution in [2.75, 3.05) is 25.6 Å². The molecule has 2 aromatic rings. The SMILES string of the molecule is CCOc1cc(C(=O)OCC(=O)Nc2ccccc2C(C)=O)ccc1OC. The third kappa shape index (κ3) is 5.31. The van der Waals surface area contributed by atoms with Gasteiger partial charge < -0.3 is 19.5 Å². The number of carbonyl (C=O) groups excluding carboxylic acids is 3. The second kappa shape index (κ2) is 9.38. The highest BCUT2D eigenvalue weighted by Crippen LogP contribution is 2.28. The van der Waals surface area contributed by atoms with Gasteiger partial charge in [0.25, 0.3) is 5.91 Å². The monoisotopic (exact) mass is 371 g/mol. The Morgan fingerprint density at radius 1 is 1.04 bits per heavy atom. The standard InChI is InChI=1S/C20H21NO6/c1-4-26-18-11-14(9-10-17(18)25-3)20(24)27-12-19(23)21-16-8-6-5-7-15(16)13(2)22/h5-11H,4,12H2,1-3H3,(H,21,23). The lowest BCUT2D eigenvalue weighted by Gasteiger charge is -2.11. The molecular formula is C20H21NO6. The molecule has 0 atom stereocenters. The van der Waals surface area contributed by atoms with Crippen LogP contribution in [0.2, 0.25) is 0 Å². The third-order valence-electron chi connectivity index (χ3n) is 3.61. The molecule has 142 valence electrons. The number of benzene rings is 2. The molecule has 27 heavy (non-hydrogen) atoms. The van der Waals surface area contributed by atoms with Gasteiger partial charge in [0.15, 0.2) is 23.9 Å². The molecule has 0 aliphatic heterocycles. The molecule has 2 rings (SSSR count). The van der Waals surface area contributed by atoms with E-state index < -0.39 is 18.5 Å². The van der Waals surface area contributed by atoms with Crippen molar-refractivity contribution in [2.24, 2.45) is 0 Å². The maximum absolute atomic E-state index is 12.2. The fraction of sp³-hybridized carbons (Fsp3) is 0.250. The summed E-state index contributed by atoms with van der Waals surface area (Å²) in [5.41, 5.74) is 0.985. The van der Waals surface area contributed by atoms with Crippen molar-refractivity contribution in [2.45, 2.75) is 13.8 Å². The van der Waals surface area contributed by atoms with Crippen LogP contribution in [0.4, 0.5) is 5.69 Å². The molecule has 1 N–H and O–H groups in total. The van der Waals surface area contributed by atoms with E-state index in [0.29, 0.717) is 29.4 Å². The van der Waals surface area contributed by atoms with E-state index in [1.54, 1.807) is 30.3 Å². The van der Waals surface area contributed by atoms with E-state index in [4.69, 9.17) is 14.2 Å². The molecule has 0 saturated carbocycles. The zero-order valence-electron chi connectivity index (χ0n) is 15.4. The maximum atomic E-state index is 12.2. The maximum Gasteiger partial charge on any atom is 0.338 e. The fourth-order valence-corrected chi connectivity index (χ4v) is 2.37. The normalized spacial score (nSPS) is 10.0. The minimum absolute atomic E-state index is 0.176. The number of nitrogens with one attached hydrogen (secondary N) is 1. The second-order valence-electron chi connectivity index (χ2n) is 5.52. The summed E-state index contributed by atoms with van der Waals surface area (Å²) in [4.78, 5) is 35.8. The number of ketones is 1. The van der Waals surface area contributed by atoms with E-state index in [2.05, 4.69) is 5.32 Å². The molecule has 0 aromatic heterocycles. The molecule has 0 radical (unpaired) electrons. The summed E-state index contributed by atoms with van der Waals surface area (Å²) < 4.78 is 15.6. The molecule has 0 saturated heterocycles. The quantitative estimate of drug-likeness (QED) is 0.566. The highest BCUT2D eigenvalue weighted by atomic mass is 16.5. The van der Waals surface area contributed by atoms with Gasteiger partial charge in [-0.1, -0.05) is 12.1 Å². The molecular weight excluding hydrogens is 350 g/mol. The van der Waals surface area contributed by atoms with Gasteiger partial charge in [0.05, 0.1) is 25.0 Å². The van der Waals surface area contributed by atoms with Crippen LogP contribution in [0.15, 0.2) is 42.5 Å². The number of hydrogen-bond donors (Lipinski definition) is 1. The first kappa shape index (κ1) is 20.0. The molecule has 0 aliphatic carbocycles. The average molecular weight is 371 g/mol. The molecule has 0 bridgehead atoms. The first-order chi connectivity index (χ1) is 13.0. The number of para-hydroxylation sites is 1. The largest absolute Gasteiger partial charge is 0.493 e. The van der Waals surface area contributed by atoms with Crippen LogP contribution < -0.4 is 14.8 Å². The van der Waals surface area contributed by atoms with Gasteiger partial charge in [0.1, 0.15) is 0 Å². The van der Waals surface area contributed by atoms with Crippen LogP contribution in [0.25, 0.3) is 0 Å². The number of Topliss-reactive ketones (excluding diaryl/α,β-unsaturated/α-hetero) is 1. The van der Waals surface area contributed by atoms with Crippen molar-refractivity contribution in [1.29, 1.82) is 0 Å². The Morgan fingerprint density at radius 3 is 2.44 bits per heavy atom. The van der Waals surface area contributed by atoms with Crippen molar-refractivity contribution in [3.8, 4) is 11.5 Å². The summed E-state index contributed by atoms with van der Waals surface area (Å²) in [6, 6.07) is 11.2. The van der Waals surface area contributed by atoms with Crippen LogP contribution in [0, 0.1) is 0 Å². The Labute approximate surface area is 157 Å². The summed E-state index contributed by atoms with van der Waals surface area (Å²) in [7, 11) is 1.50. The summed E-state index contributed by atoms with van der Waals surface area (Å²) in [6.07, 6.45) is 0. The Bertz CT molecular complexity index is 846. The van der Waals surface area contributed by atoms with E-state index in [9.17, 15) is 14.4 Å². The van der Waals surface area contributed by atoms with Crippen molar-refractivity contribution in [3.63, 3.8) is 0 Å². The van der Waals surface area contributed by atoms with Gasteiger partial charge in [-0.05, 0) is 44.2 Å². The van der Waals surface area contributed by atoms with Crippen molar-refractivity contribution in [1.82, 2.24) is 0 Å². The molecule has 0 heterocycles. The number of ether oxygens (including phenoxy) is 3. The van der Waals surface area contributed by atoms with Gasteiger partial charge in [-0.3, -0.25) is 9.59 Å². The highest BCUT2D eigenvalue weighted by molar-refractivity contribution is 6.04. The minimum atomic E-state index is -0.673. The van der Waals surface area contributed by atoms with E-state index in [-0.39, 0.29) is 11.3 Å². The number of carbonyl (C=O) groups is 3. The smallest absolute Gasteiger partial charge is 0.338 e. The van der Waals surface area contributed by atoms with Crippen LogP contribution >= 0.6 is 0 Å². The number of esters is 1. The molecule has 2 aromatic carbocycles. The number of methoxy groups -OCH3 is 1. The van der Waals surface area contributed by atoms with Crippen molar-refractivity contribution in [3.05, 3.63) is 53.6 Å². The fourth-order valence-electron chi connectivity index (χ4n) is 2.37. The van der Waals surface area contributed by atoms with Gasteiger partial charge in [-0.2, -0.15) is 0 Å². The molecule has 0 fully saturated rings. The molecule has 7 nitrogen and oxygen atoms in total. The highest BCUT2D eigenvalue weighted by Gasteiger charge is 2.15. The predicted molar refractivity (Wildman–Crippen MR) is 99.5 cm³/mol. The van der Waals surface area contributed by atoms with Gasteiger partial charge in [-0.15, -0.1) is 0 Å². The second-order valence-corrected chi connectivity index (χ2v) is 5.52. The van der Waals surface area contributed by atoms with Crippen molar-refractivity contribution >= 4 is 23.3 Å². The Morgan fingerprint density at radius 2 is 1.78 bits per heavy atom. The number of hydrogen-bond acceptors (Lipinski definition) is 6. The molecule has 0 unspecified atom stereocenters. The van der Waals surface area contributed by atoms with Crippen LogP contribution in [0.5, 0.6) is 11.5 Å². The van der Waals surface area contributed by atoms with E-state index in [0.717, 1.165) is 0 Å². The Hall–Kier alpha value is -3.35. The lowest BCUT2D eigenvalue weighted by atomic mass is 10.1. The van der Waals surface area contributed by atoms with Crippen LogP contribution in [0.3, 0.4) is 0 Å². The average Bonchev–Trinajstić information content (AvgIpc) is 2.66. The number of anilines is 1. The number of amides is 1. The van der Waals surface area contributed by atoms with Gasteiger partial charge in [0.2, 0.25) is 0 Å². The lowest BCUT2D eigenvalue weighted by molar-refractivity contribution is -0.119. The number of rotatable bonds is 8. The summed E-state index contributed by atoms with van der Waals surface area (Å²) in [5.74, 6) is -0.491. The van der Waals surface area contributed by atoms with Gasteiger partial charge in [0, 0.05) is 5.56 Å². The van der Waals surface area contributed by atoms with Gasteiger partial charge in [-0.25, -0.2) is 4.79 Å². The molecule has 7 heteroatoms. The zero-order chi connectivity index (χ0) is 19.8. The molecule has 0 aliphatic rings. The molecule has 0 spiro atoms. The summed E-state index contributed by atoms with van der Waals surface area (Å²) in [5, 5.41) is 2.57.